The van der Waals surface area contributed by atoms with Gasteiger partial charge in [0.15, 0.2) is 5.16 Å². The highest BCUT2D eigenvalue weighted by Gasteiger charge is 2.10. The highest BCUT2D eigenvalue weighted by Crippen LogP contribution is 2.22. The number of carbonyl (C=O) groups is 1. The summed E-state index contributed by atoms with van der Waals surface area (Å²) in [7, 11) is 0. The quantitative estimate of drug-likeness (QED) is 0.674. The maximum atomic E-state index is 12.2. The van der Waals surface area contributed by atoms with Gasteiger partial charge in [-0.1, -0.05) is 42.1 Å². The topological polar surface area (TPSA) is 70.7 Å². The molecule has 0 aliphatic carbocycles. The van der Waals surface area contributed by atoms with Crippen LogP contribution in [0.1, 0.15) is 11.1 Å². The summed E-state index contributed by atoms with van der Waals surface area (Å²) in [5.41, 5.74) is 3.86. The third-order valence-corrected chi connectivity index (χ3v) is 4.80. The first-order valence-electron chi connectivity index (χ1n) is 8.15. The molecule has 0 saturated carbocycles. The number of aromatic nitrogens is 2. The number of anilines is 1. The van der Waals surface area contributed by atoms with Crippen LogP contribution < -0.4 is 5.32 Å². The zero-order chi connectivity index (χ0) is 18.4. The maximum Gasteiger partial charge on any atom is 0.234 e. The highest BCUT2D eigenvalue weighted by molar-refractivity contribution is 7.99. The Labute approximate surface area is 156 Å². The third-order valence-electron chi connectivity index (χ3n) is 3.84. The van der Waals surface area contributed by atoms with Crippen molar-refractivity contribution in [3.05, 3.63) is 72.1 Å². The average molecular weight is 362 g/mol. The largest absolute Gasteiger partial charge is 0.325 e. The number of para-hydroxylation sites is 1. The second-order valence-electron chi connectivity index (χ2n) is 5.73. The molecule has 0 saturated heterocycles. The second-order valence-corrected chi connectivity index (χ2v) is 6.68. The van der Waals surface area contributed by atoms with Crippen LogP contribution in [0.15, 0.2) is 66.1 Å². The first-order chi connectivity index (χ1) is 12.7. The fourth-order valence-corrected chi connectivity index (χ4v) is 3.30. The first kappa shape index (κ1) is 17.8. The van der Waals surface area contributed by atoms with Crippen LogP contribution in [0, 0.1) is 18.3 Å². The number of hydrogen-bond acceptors (Lipinski definition) is 4. The SMILES string of the molecule is Cc1ccccc1-n1ccnc1SCC(=O)Nc1ccc(CC#N)cc1. The van der Waals surface area contributed by atoms with Gasteiger partial charge in [-0.05, 0) is 36.2 Å². The summed E-state index contributed by atoms with van der Waals surface area (Å²) in [5, 5.41) is 12.3. The molecule has 0 radical (unpaired) electrons. The van der Waals surface area contributed by atoms with Crippen LogP contribution in [0.25, 0.3) is 5.69 Å². The monoisotopic (exact) mass is 362 g/mol. The van der Waals surface area contributed by atoms with E-state index in [1.807, 2.05) is 66.2 Å². The van der Waals surface area contributed by atoms with Crippen molar-refractivity contribution < 1.29 is 4.79 Å². The number of hydrogen-bond donors (Lipinski definition) is 1. The van der Waals surface area contributed by atoms with Crippen LogP contribution in [0.3, 0.4) is 0 Å². The van der Waals surface area contributed by atoms with E-state index in [1.165, 1.54) is 11.8 Å². The van der Waals surface area contributed by atoms with Crippen LogP contribution in [0.4, 0.5) is 5.69 Å². The summed E-state index contributed by atoms with van der Waals surface area (Å²) in [4.78, 5) is 16.6. The Morgan fingerprint density at radius 3 is 2.73 bits per heavy atom. The first-order valence-corrected chi connectivity index (χ1v) is 9.14. The number of benzene rings is 2. The van der Waals surface area contributed by atoms with Crippen LogP contribution in [-0.2, 0) is 11.2 Å². The summed E-state index contributed by atoms with van der Waals surface area (Å²) >= 11 is 1.39. The van der Waals surface area contributed by atoms with E-state index in [0.29, 0.717) is 6.42 Å². The molecule has 26 heavy (non-hydrogen) atoms. The summed E-state index contributed by atoms with van der Waals surface area (Å²) < 4.78 is 1.99. The van der Waals surface area contributed by atoms with Crippen molar-refractivity contribution in [3.8, 4) is 11.8 Å². The van der Waals surface area contributed by atoms with Gasteiger partial charge in [0.1, 0.15) is 0 Å². The lowest BCUT2D eigenvalue weighted by Gasteiger charge is -2.10. The number of nitrogens with one attached hydrogen (secondary N) is 1. The number of rotatable bonds is 6. The second kappa shape index (κ2) is 8.37. The molecule has 3 aromatic rings. The molecule has 130 valence electrons. The molecule has 1 aromatic heterocycles. The van der Waals surface area contributed by atoms with Crippen molar-refractivity contribution in [2.45, 2.75) is 18.5 Å². The molecule has 1 amide bonds. The van der Waals surface area contributed by atoms with Crippen molar-refractivity contribution in [1.29, 1.82) is 5.26 Å². The van der Waals surface area contributed by atoms with E-state index in [9.17, 15) is 4.79 Å². The maximum absolute atomic E-state index is 12.2. The molecule has 1 heterocycles. The zero-order valence-electron chi connectivity index (χ0n) is 14.3. The van der Waals surface area contributed by atoms with Gasteiger partial charge in [-0.15, -0.1) is 0 Å². The van der Waals surface area contributed by atoms with E-state index in [2.05, 4.69) is 16.4 Å². The van der Waals surface area contributed by atoms with Crippen molar-refractivity contribution in [3.63, 3.8) is 0 Å². The minimum Gasteiger partial charge on any atom is -0.325 e. The molecular formula is C20H18N4OS. The predicted octanol–water partition coefficient (Wildman–Crippen LogP) is 3.98. The van der Waals surface area contributed by atoms with Gasteiger partial charge in [-0.2, -0.15) is 5.26 Å². The van der Waals surface area contributed by atoms with E-state index >= 15 is 0 Å². The molecule has 1 N–H and O–H groups in total. The van der Waals surface area contributed by atoms with E-state index in [4.69, 9.17) is 5.26 Å². The molecule has 0 bridgehead atoms. The van der Waals surface area contributed by atoms with Gasteiger partial charge in [0.05, 0.1) is 23.9 Å². The van der Waals surface area contributed by atoms with E-state index in [1.54, 1.807) is 6.20 Å². The number of imidazole rings is 1. The lowest BCUT2D eigenvalue weighted by Crippen LogP contribution is -2.14. The molecule has 2 aromatic carbocycles. The Bertz CT molecular complexity index is 941. The number of aryl methyl sites for hydroxylation is 1. The number of thioether (sulfide) groups is 1. The van der Waals surface area contributed by atoms with E-state index in [-0.39, 0.29) is 11.7 Å². The lowest BCUT2D eigenvalue weighted by molar-refractivity contribution is -0.113. The van der Waals surface area contributed by atoms with Crippen molar-refractivity contribution in [1.82, 2.24) is 9.55 Å². The Morgan fingerprint density at radius 2 is 2.00 bits per heavy atom. The standard InChI is InChI=1S/C20H18N4OS/c1-15-4-2-3-5-18(15)24-13-12-22-20(24)26-14-19(25)23-17-8-6-16(7-9-17)10-11-21/h2-9,12-13H,10,14H2,1H3,(H,23,25). The minimum atomic E-state index is -0.0950. The van der Waals surface area contributed by atoms with Gasteiger partial charge in [0.2, 0.25) is 5.91 Å². The Balaban J connectivity index is 1.61. The van der Waals surface area contributed by atoms with Crippen LogP contribution in [0.5, 0.6) is 0 Å². The Hall–Kier alpha value is -3.04. The molecule has 0 atom stereocenters. The Kier molecular flexibility index (Phi) is 5.72. The molecule has 0 fully saturated rings. The minimum absolute atomic E-state index is 0.0950. The summed E-state index contributed by atoms with van der Waals surface area (Å²) in [6.45, 7) is 2.05. The van der Waals surface area contributed by atoms with Crippen LogP contribution in [-0.4, -0.2) is 21.2 Å². The van der Waals surface area contributed by atoms with Gasteiger partial charge in [0, 0.05) is 18.1 Å². The normalized spacial score (nSPS) is 10.3. The van der Waals surface area contributed by atoms with Crippen molar-refractivity contribution in [2.75, 3.05) is 11.1 Å². The van der Waals surface area contributed by atoms with Gasteiger partial charge in [0.25, 0.3) is 0 Å². The fraction of sp³-hybridized carbons (Fsp3) is 0.150. The molecule has 0 aliphatic rings. The molecule has 5 nitrogen and oxygen atoms in total. The van der Waals surface area contributed by atoms with Gasteiger partial charge >= 0.3 is 0 Å². The van der Waals surface area contributed by atoms with Gasteiger partial charge in [-0.25, -0.2) is 4.98 Å². The van der Waals surface area contributed by atoms with E-state index in [0.717, 1.165) is 27.7 Å². The molecule has 3 rings (SSSR count). The summed E-state index contributed by atoms with van der Waals surface area (Å²) in [5.74, 6) is 0.172. The zero-order valence-corrected chi connectivity index (χ0v) is 15.2. The van der Waals surface area contributed by atoms with E-state index < -0.39 is 0 Å². The average Bonchev–Trinajstić information content (AvgIpc) is 3.11. The van der Waals surface area contributed by atoms with Gasteiger partial charge < -0.3 is 5.32 Å². The van der Waals surface area contributed by atoms with Gasteiger partial charge in [-0.3, -0.25) is 9.36 Å². The smallest absolute Gasteiger partial charge is 0.234 e. The molecule has 6 heteroatoms. The predicted molar refractivity (Wildman–Crippen MR) is 103 cm³/mol. The number of carbonyl (C=O) groups excluding carboxylic acids is 1. The third kappa shape index (κ3) is 4.32. The lowest BCUT2D eigenvalue weighted by atomic mass is 10.1. The molecule has 0 aliphatic heterocycles. The number of nitriles is 1. The fourth-order valence-electron chi connectivity index (χ4n) is 2.54. The number of amides is 1. The van der Waals surface area contributed by atoms with Crippen LogP contribution in [0.2, 0.25) is 0 Å². The van der Waals surface area contributed by atoms with Crippen molar-refractivity contribution >= 4 is 23.4 Å². The summed E-state index contributed by atoms with van der Waals surface area (Å²) in [6, 6.07) is 17.5. The molecular weight excluding hydrogens is 344 g/mol. The molecule has 0 spiro atoms. The van der Waals surface area contributed by atoms with Crippen molar-refractivity contribution in [2.24, 2.45) is 0 Å². The number of nitrogens with zero attached hydrogens (tertiary/aromatic N) is 3. The highest BCUT2D eigenvalue weighted by atomic mass is 32.2. The van der Waals surface area contributed by atoms with Crippen LogP contribution >= 0.6 is 11.8 Å². The summed E-state index contributed by atoms with van der Waals surface area (Å²) in [6.07, 6.45) is 4.00. The molecule has 0 unspecified atom stereocenters. The Morgan fingerprint density at radius 1 is 1.23 bits per heavy atom.